The Labute approximate surface area is 480 Å². The molecule has 4 atom stereocenters. The van der Waals surface area contributed by atoms with Crippen molar-refractivity contribution < 1.29 is 38.2 Å². The number of aliphatic imine (C=N–C) groups is 1. The molecule has 0 spiro atoms. The fraction of sp³-hybridized carbons (Fsp3) is 0.791. The second-order valence-electron chi connectivity index (χ2n) is 29.6. The van der Waals surface area contributed by atoms with Crippen molar-refractivity contribution in [2.45, 2.75) is 269 Å². The smallest absolute Gasteiger partial charge is 0.342 e. The highest BCUT2D eigenvalue weighted by atomic mass is 16.6. The Morgan fingerprint density at radius 2 is 0.937 bits per heavy atom. The first kappa shape index (κ1) is 67.3. The number of allylic oxidation sites excluding steroid dienone is 2. The lowest BCUT2D eigenvalue weighted by molar-refractivity contribution is -0.164. The van der Waals surface area contributed by atoms with Crippen molar-refractivity contribution in [3.8, 4) is 0 Å². The van der Waals surface area contributed by atoms with E-state index in [1.165, 1.54) is 6.92 Å². The molecule has 1 aromatic heterocycles. The number of amides is 2. The maximum absolute atomic E-state index is 16.0. The number of hydrogen-bond acceptors (Lipinski definition) is 9. The monoisotopic (exact) mass is 1100 g/mol. The fourth-order valence-electron chi connectivity index (χ4n) is 14.0. The summed E-state index contributed by atoms with van der Waals surface area (Å²) in [6.45, 7) is 54.3. The lowest BCUT2D eigenvalue weighted by atomic mass is 9.59. The van der Waals surface area contributed by atoms with E-state index in [2.05, 4.69) is 108 Å². The summed E-state index contributed by atoms with van der Waals surface area (Å²) in [6, 6.07) is 0. The Balaban J connectivity index is 2.27. The molecule has 3 aliphatic rings. The molecule has 1 aromatic rings. The van der Waals surface area contributed by atoms with Crippen molar-refractivity contribution in [2.24, 2.45) is 78.9 Å². The molecule has 4 unspecified atom stereocenters. The van der Waals surface area contributed by atoms with Gasteiger partial charge < -0.3 is 24.8 Å². The van der Waals surface area contributed by atoms with Crippen LogP contribution in [0.2, 0.25) is 0 Å². The quantitative estimate of drug-likeness (QED) is 0.109. The molecule has 2 saturated carbocycles. The number of nitrogens with zero attached hydrogens (tertiary/aromatic N) is 2. The molecule has 12 heteroatoms. The first-order valence-corrected chi connectivity index (χ1v) is 30.8. The summed E-state index contributed by atoms with van der Waals surface area (Å²) < 4.78 is 21.8. The van der Waals surface area contributed by atoms with Crippen LogP contribution in [-0.4, -0.2) is 52.3 Å². The minimum Gasteiger partial charge on any atom is -0.458 e. The molecule has 2 fully saturated rings. The molecule has 0 radical (unpaired) electrons. The highest BCUT2D eigenvalue weighted by molar-refractivity contribution is 6.26. The van der Waals surface area contributed by atoms with Crippen LogP contribution in [0.3, 0.4) is 0 Å². The summed E-state index contributed by atoms with van der Waals surface area (Å²) in [7, 11) is 0. The first-order valence-electron chi connectivity index (χ1n) is 30.8. The minimum absolute atomic E-state index is 0.0314. The largest absolute Gasteiger partial charge is 0.458 e. The van der Waals surface area contributed by atoms with Crippen LogP contribution in [0.25, 0.3) is 5.57 Å². The van der Waals surface area contributed by atoms with Gasteiger partial charge in [0.15, 0.2) is 6.73 Å². The molecule has 0 aromatic carbocycles. The number of ether oxygens (including phenoxy) is 3. The van der Waals surface area contributed by atoms with Crippen molar-refractivity contribution in [3.05, 3.63) is 33.7 Å². The molecule has 448 valence electrons. The number of esters is 3. The topological polar surface area (TPSA) is 154 Å². The van der Waals surface area contributed by atoms with Gasteiger partial charge in [0.1, 0.15) is 35.0 Å². The summed E-state index contributed by atoms with van der Waals surface area (Å²) in [5, 5.41) is 6.54. The molecular weight excluding hydrogens is 989 g/mol. The summed E-state index contributed by atoms with van der Waals surface area (Å²) in [5.74, 6) is -1.51. The third-order valence-electron chi connectivity index (χ3n) is 19.6. The minimum atomic E-state index is -0.776. The highest BCUT2D eigenvalue weighted by Crippen LogP contribution is 2.53. The second-order valence-corrected chi connectivity index (χ2v) is 29.6. The van der Waals surface area contributed by atoms with Crippen molar-refractivity contribution in [2.75, 3.05) is 5.32 Å². The molecule has 0 saturated heterocycles. The third kappa shape index (κ3) is 14.3. The Bertz CT molecular complexity index is 2400. The summed E-state index contributed by atoms with van der Waals surface area (Å²) >= 11 is 0. The number of anilines is 1. The SMILES string of the molecule is CCC(CC)(CC)C(=O)NC1=NC(=C(C)c2c(C(C)C)c(C(=O)OC3C(C(C)(C)C)CC(C)CC3C(C)(C)C)c(NC(=O)C(CC)(CC)CC)n2COC(C)=O)C(C(C)C)=C1C(=O)OC1C(C(C)(C)C)CC(C)CC1C(C)(C)C. The zero-order valence-electron chi connectivity index (χ0n) is 54.7. The fourth-order valence-corrected chi connectivity index (χ4v) is 14.0. The average molecular weight is 1100 g/mol. The van der Waals surface area contributed by atoms with Crippen LogP contribution >= 0.6 is 0 Å². The van der Waals surface area contributed by atoms with E-state index in [-0.39, 0.29) is 98.5 Å². The lowest BCUT2D eigenvalue weighted by Crippen LogP contribution is -2.50. The maximum Gasteiger partial charge on any atom is 0.342 e. The second kappa shape index (κ2) is 25.5. The average Bonchev–Trinajstić information content (AvgIpc) is 3.91. The lowest BCUT2D eigenvalue weighted by Gasteiger charge is -2.50. The normalized spacial score (nSPS) is 24.4. The third-order valence-corrected chi connectivity index (χ3v) is 19.6. The summed E-state index contributed by atoms with van der Waals surface area (Å²) in [6.07, 6.45) is 6.12. The van der Waals surface area contributed by atoms with Crippen LogP contribution < -0.4 is 10.6 Å². The van der Waals surface area contributed by atoms with Crippen LogP contribution in [0, 0.1) is 73.9 Å². The standard InChI is InChI=1S/C67H112N4O8/c1-27-66(28-2,29-3)60(75)69-56-50(58(73)78-54-44(62(15,16)17)33-40(11)34-45(54)63(18,19)20)48(38(7)8)52(68-56)42(13)53-49(39(9)10)51(57(71(53)37-77-43(14)72)70-61(76)67(30-4,31-5)32-6)59(74)79-55-46(64(21,22)23)35-41(12)36-47(55)65(24,25)26/h38-41,44-47,54-55H,27-37H2,1-26H3,(H,70,76)(H,68,69,75). The van der Waals surface area contributed by atoms with Crippen molar-refractivity contribution in [1.82, 2.24) is 9.88 Å². The maximum atomic E-state index is 16.0. The zero-order chi connectivity index (χ0) is 60.5. The van der Waals surface area contributed by atoms with Crippen LogP contribution in [0.1, 0.15) is 272 Å². The number of nitrogens with one attached hydrogen (secondary N) is 2. The Kier molecular flexibility index (Phi) is 21.7. The Hall–Kier alpha value is -4.22. The van der Waals surface area contributed by atoms with Gasteiger partial charge in [-0.05, 0) is 133 Å². The van der Waals surface area contributed by atoms with Crippen LogP contribution in [0.15, 0.2) is 21.8 Å². The highest BCUT2D eigenvalue weighted by Gasteiger charge is 2.51. The molecule has 12 nitrogen and oxygen atoms in total. The van der Waals surface area contributed by atoms with Crippen LogP contribution in [-0.2, 0) is 40.1 Å². The van der Waals surface area contributed by atoms with E-state index >= 15 is 14.4 Å². The number of hydrogen-bond donors (Lipinski definition) is 2. The number of carbonyl (C=O) groups is 5. The molecular formula is C67H112N4O8. The molecule has 1 aliphatic heterocycles. The van der Waals surface area contributed by atoms with Gasteiger partial charge in [-0.3, -0.25) is 19.0 Å². The number of rotatable bonds is 18. The molecule has 0 bridgehead atoms. The van der Waals surface area contributed by atoms with Gasteiger partial charge in [-0.1, -0.05) is 166 Å². The van der Waals surface area contributed by atoms with Gasteiger partial charge in [0.25, 0.3) is 0 Å². The van der Waals surface area contributed by atoms with Crippen LogP contribution in [0.5, 0.6) is 0 Å². The van der Waals surface area contributed by atoms with E-state index in [0.717, 1.165) is 25.7 Å². The van der Waals surface area contributed by atoms with E-state index < -0.39 is 40.9 Å². The van der Waals surface area contributed by atoms with Crippen LogP contribution in [0.4, 0.5) is 5.82 Å². The van der Waals surface area contributed by atoms with Gasteiger partial charge in [-0.25, -0.2) is 14.6 Å². The van der Waals surface area contributed by atoms with E-state index in [1.54, 1.807) is 4.57 Å². The number of amidine groups is 1. The molecule has 4 rings (SSSR count). The van der Waals surface area contributed by atoms with Gasteiger partial charge in [0.2, 0.25) is 11.8 Å². The van der Waals surface area contributed by atoms with Gasteiger partial charge in [0, 0.05) is 41.4 Å². The predicted molar refractivity (Wildman–Crippen MR) is 323 cm³/mol. The van der Waals surface area contributed by atoms with E-state index in [4.69, 9.17) is 19.2 Å². The molecule has 79 heavy (non-hydrogen) atoms. The molecule has 2 N–H and O–H groups in total. The summed E-state index contributed by atoms with van der Waals surface area (Å²) in [5.41, 5.74) is 0.771. The van der Waals surface area contributed by atoms with Gasteiger partial charge in [-0.15, -0.1) is 0 Å². The number of carbonyl (C=O) groups excluding carboxylic acids is 5. The van der Waals surface area contributed by atoms with Crippen molar-refractivity contribution >= 4 is 46.9 Å². The van der Waals surface area contributed by atoms with Crippen molar-refractivity contribution in [1.29, 1.82) is 0 Å². The van der Waals surface area contributed by atoms with Crippen molar-refractivity contribution in [3.63, 3.8) is 0 Å². The number of aromatic nitrogens is 1. The van der Waals surface area contributed by atoms with Gasteiger partial charge in [-0.2, -0.15) is 0 Å². The predicted octanol–water partition coefficient (Wildman–Crippen LogP) is 16.7. The van der Waals surface area contributed by atoms with E-state index in [9.17, 15) is 9.59 Å². The molecule has 2 amide bonds. The zero-order valence-corrected chi connectivity index (χ0v) is 54.7. The molecule has 2 heterocycles. The Morgan fingerprint density at radius 1 is 0.570 bits per heavy atom. The first-order chi connectivity index (χ1) is 36.3. The van der Waals surface area contributed by atoms with E-state index in [0.29, 0.717) is 78.5 Å². The molecule has 2 aliphatic carbocycles. The van der Waals surface area contributed by atoms with Gasteiger partial charge >= 0.3 is 17.9 Å². The Morgan fingerprint density at radius 3 is 1.27 bits per heavy atom. The van der Waals surface area contributed by atoms with E-state index in [1.807, 2.05) is 76.2 Å². The summed E-state index contributed by atoms with van der Waals surface area (Å²) in [4.78, 5) is 80.1. The van der Waals surface area contributed by atoms with Gasteiger partial charge in [0.05, 0.1) is 11.4 Å².